The molecule has 4 nitrogen and oxygen atoms in total. The van der Waals surface area contributed by atoms with E-state index in [1.807, 2.05) is 0 Å². The summed E-state index contributed by atoms with van der Waals surface area (Å²) in [6.07, 6.45) is 3.26. The van der Waals surface area contributed by atoms with Crippen molar-refractivity contribution in [2.45, 2.75) is 12.8 Å². The smallest absolute Gasteiger partial charge is 0.253 e. The molecule has 18 heavy (non-hydrogen) atoms. The Labute approximate surface area is 106 Å². The van der Waals surface area contributed by atoms with E-state index >= 15 is 0 Å². The number of halogens is 1. The summed E-state index contributed by atoms with van der Waals surface area (Å²) >= 11 is 0. The third kappa shape index (κ3) is 3.26. The third-order valence-corrected chi connectivity index (χ3v) is 3.19. The topological polar surface area (TPSA) is 42.4 Å². The second kappa shape index (κ2) is 5.91. The Morgan fingerprint density at radius 1 is 1.56 bits per heavy atom. The Balaban J connectivity index is 1.95. The van der Waals surface area contributed by atoms with E-state index in [1.54, 1.807) is 11.9 Å². The maximum Gasteiger partial charge on any atom is 0.253 e. The van der Waals surface area contributed by atoms with Crippen molar-refractivity contribution in [3.63, 3.8) is 0 Å². The quantitative estimate of drug-likeness (QED) is 0.769. The molecule has 2 heterocycles. The summed E-state index contributed by atoms with van der Waals surface area (Å²) in [7, 11) is 1.75. The van der Waals surface area contributed by atoms with Gasteiger partial charge in [0, 0.05) is 44.6 Å². The number of rotatable bonds is 3. The molecule has 0 radical (unpaired) electrons. The van der Waals surface area contributed by atoms with Gasteiger partial charge < -0.3 is 9.64 Å². The molecule has 0 atom stereocenters. The molecule has 0 N–H and O–H groups in total. The van der Waals surface area contributed by atoms with Gasteiger partial charge in [0.1, 0.15) is 0 Å². The van der Waals surface area contributed by atoms with Gasteiger partial charge in [-0.15, -0.1) is 0 Å². The van der Waals surface area contributed by atoms with E-state index in [0.717, 1.165) is 26.1 Å². The zero-order valence-corrected chi connectivity index (χ0v) is 10.4. The van der Waals surface area contributed by atoms with Crippen molar-refractivity contribution >= 4 is 5.91 Å². The number of nitrogens with zero attached hydrogens (tertiary/aromatic N) is 2. The van der Waals surface area contributed by atoms with Gasteiger partial charge >= 0.3 is 0 Å². The Bertz CT molecular complexity index is 419. The lowest BCUT2D eigenvalue weighted by atomic mass is 9.99. The number of pyridine rings is 1. The number of carbonyl (C=O) groups excluding carboxylic acids is 1. The van der Waals surface area contributed by atoms with Crippen molar-refractivity contribution in [3.05, 3.63) is 29.8 Å². The van der Waals surface area contributed by atoms with Gasteiger partial charge in [0.15, 0.2) is 0 Å². The Morgan fingerprint density at radius 3 is 2.94 bits per heavy atom. The summed E-state index contributed by atoms with van der Waals surface area (Å²) < 4.78 is 18.2. The molecule has 0 aromatic carbocycles. The van der Waals surface area contributed by atoms with Crippen molar-refractivity contribution in [2.24, 2.45) is 5.92 Å². The predicted molar refractivity (Wildman–Crippen MR) is 64.7 cm³/mol. The lowest BCUT2D eigenvalue weighted by Crippen LogP contribution is -2.34. The lowest BCUT2D eigenvalue weighted by molar-refractivity contribution is 0.0497. The molecule has 0 spiro atoms. The largest absolute Gasteiger partial charge is 0.381 e. The zero-order valence-electron chi connectivity index (χ0n) is 10.4. The van der Waals surface area contributed by atoms with Crippen LogP contribution in [-0.2, 0) is 4.74 Å². The summed E-state index contributed by atoms with van der Waals surface area (Å²) in [5, 5.41) is 0. The van der Waals surface area contributed by atoms with E-state index in [0.29, 0.717) is 18.0 Å². The fourth-order valence-corrected chi connectivity index (χ4v) is 2.16. The Morgan fingerprint density at radius 2 is 2.28 bits per heavy atom. The fourth-order valence-electron chi connectivity index (χ4n) is 2.16. The monoisotopic (exact) mass is 252 g/mol. The first-order valence-electron chi connectivity index (χ1n) is 6.11. The van der Waals surface area contributed by atoms with Crippen LogP contribution in [0.4, 0.5) is 4.39 Å². The van der Waals surface area contributed by atoms with Crippen molar-refractivity contribution in [2.75, 3.05) is 26.8 Å². The van der Waals surface area contributed by atoms with Gasteiger partial charge in [-0.1, -0.05) is 0 Å². The second-order valence-corrected chi connectivity index (χ2v) is 4.61. The molecular weight excluding hydrogens is 235 g/mol. The molecule has 2 rings (SSSR count). The predicted octanol–water partition coefficient (Wildman–Crippen LogP) is 1.72. The van der Waals surface area contributed by atoms with E-state index < -0.39 is 5.95 Å². The van der Waals surface area contributed by atoms with Gasteiger partial charge in [0.05, 0.1) is 0 Å². The third-order valence-electron chi connectivity index (χ3n) is 3.19. The molecule has 1 saturated heterocycles. The number of carbonyl (C=O) groups is 1. The van der Waals surface area contributed by atoms with Crippen molar-refractivity contribution in [1.82, 2.24) is 9.88 Å². The standard InChI is InChI=1S/C13H17FN2O2/c1-16(9-10-3-6-18-7-4-10)13(17)11-2-5-15-12(14)8-11/h2,5,8,10H,3-4,6-7,9H2,1H3. The molecule has 5 heteroatoms. The highest BCUT2D eigenvalue weighted by molar-refractivity contribution is 5.93. The summed E-state index contributed by atoms with van der Waals surface area (Å²) in [4.78, 5) is 17.2. The van der Waals surface area contributed by atoms with Crippen molar-refractivity contribution in [3.8, 4) is 0 Å². The van der Waals surface area contributed by atoms with Crippen LogP contribution in [-0.4, -0.2) is 42.6 Å². The van der Waals surface area contributed by atoms with Crippen LogP contribution in [0.3, 0.4) is 0 Å². The van der Waals surface area contributed by atoms with Gasteiger partial charge in [-0.25, -0.2) is 4.98 Å². The normalized spacial score (nSPS) is 16.6. The van der Waals surface area contributed by atoms with Crippen LogP contribution in [0, 0.1) is 11.9 Å². The average molecular weight is 252 g/mol. The van der Waals surface area contributed by atoms with Gasteiger partial charge in [0.2, 0.25) is 5.95 Å². The maximum absolute atomic E-state index is 13.0. The molecule has 1 aromatic rings. The SMILES string of the molecule is CN(CC1CCOCC1)C(=O)c1ccnc(F)c1. The minimum absolute atomic E-state index is 0.164. The summed E-state index contributed by atoms with van der Waals surface area (Å²) in [6.45, 7) is 2.21. The van der Waals surface area contributed by atoms with Crippen molar-refractivity contribution in [1.29, 1.82) is 0 Å². The van der Waals surface area contributed by atoms with E-state index in [9.17, 15) is 9.18 Å². The number of hydrogen-bond donors (Lipinski definition) is 0. The number of aromatic nitrogens is 1. The molecule has 0 bridgehead atoms. The van der Waals surface area contributed by atoms with Crippen LogP contribution < -0.4 is 0 Å². The van der Waals surface area contributed by atoms with Crippen LogP contribution in [0.25, 0.3) is 0 Å². The highest BCUT2D eigenvalue weighted by atomic mass is 19.1. The van der Waals surface area contributed by atoms with Crippen LogP contribution >= 0.6 is 0 Å². The minimum Gasteiger partial charge on any atom is -0.381 e. The Hall–Kier alpha value is -1.49. The molecule has 1 amide bonds. The van der Waals surface area contributed by atoms with E-state index in [1.165, 1.54) is 18.3 Å². The molecule has 1 aromatic heterocycles. The summed E-state index contributed by atoms with van der Waals surface area (Å²) in [5.74, 6) is -0.317. The number of ether oxygens (including phenoxy) is 1. The molecule has 1 fully saturated rings. The van der Waals surface area contributed by atoms with E-state index in [-0.39, 0.29) is 5.91 Å². The summed E-state index contributed by atoms with van der Waals surface area (Å²) in [5.41, 5.74) is 0.344. The van der Waals surface area contributed by atoms with Crippen LogP contribution in [0.15, 0.2) is 18.3 Å². The van der Waals surface area contributed by atoms with Crippen LogP contribution in [0.2, 0.25) is 0 Å². The highest BCUT2D eigenvalue weighted by Crippen LogP contribution is 2.16. The molecular formula is C13H17FN2O2. The van der Waals surface area contributed by atoms with Gasteiger partial charge in [-0.05, 0) is 24.8 Å². The van der Waals surface area contributed by atoms with Gasteiger partial charge in [0.25, 0.3) is 5.91 Å². The van der Waals surface area contributed by atoms with Crippen LogP contribution in [0.5, 0.6) is 0 Å². The Kier molecular flexibility index (Phi) is 4.25. The molecule has 1 aliphatic heterocycles. The minimum atomic E-state index is -0.625. The molecule has 98 valence electrons. The first-order chi connectivity index (χ1) is 8.66. The second-order valence-electron chi connectivity index (χ2n) is 4.61. The van der Waals surface area contributed by atoms with E-state index in [2.05, 4.69) is 4.98 Å². The fraction of sp³-hybridized carbons (Fsp3) is 0.538. The van der Waals surface area contributed by atoms with Gasteiger partial charge in [-0.2, -0.15) is 4.39 Å². The first kappa shape index (κ1) is 13.0. The number of hydrogen-bond acceptors (Lipinski definition) is 3. The van der Waals surface area contributed by atoms with Crippen molar-refractivity contribution < 1.29 is 13.9 Å². The van der Waals surface area contributed by atoms with E-state index in [4.69, 9.17) is 4.74 Å². The lowest BCUT2D eigenvalue weighted by Gasteiger charge is -2.27. The summed E-state index contributed by atoms with van der Waals surface area (Å²) in [6, 6.07) is 2.70. The zero-order chi connectivity index (χ0) is 13.0. The molecule has 0 saturated carbocycles. The molecule has 0 aliphatic carbocycles. The number of amides is 1. The van der Waals surface area contributed by atoms with Gasteiger partial charge in [-0.3, -0.25) is 4.79 Å². The molecule has 1 aliphatic rings. The van der Waals surface area contributed by atoms with Crippen LogP contribution in [0.1, 0.15) is 23.2 Å². The molecule has 0 unspecified atom stereocenters. The maximum atomic E-state index is 13.0. The average Bonchev–Trinajstić information content (AvgIpc) is 2.39. The first-order valence-corrected chi connectivity index (χ1v) is 6.11. The highest BCUT2D eigenvalue weighted by Gasteiger charge is 2.19.